The highest BCUT2D eigenvalue weighted by molar-refractivity contribution is 5.74. The van der Waals surface area contributed by atoms with Crippen molar-refractivity contribution in [3.8, 4) is 0 Å². The molecule has 0 aromatic heterocycles. The van der Waals surface area contributed by atoms with Gasteiger partial charge in [-0.05, 0) is 130 Å². The second-order valence-corrected chi connectivity index (χ2v) is 25.9. The van der Waals surface area contributed by atoms with Gasteiger partial charge in [0.1, 0.15) is 48.8 Å². The molecule has 4 bridgehead atoms. The van der Waals surface area contributed by atoms with E-state index in [0.29, 0.717) is 25.7 Å². The average molecular weight is 1090 g/mol. The van der Waals surface area contributed by atoms with Crippen molar-refractivity contribution in [1.82, 2.24) is 5.32 Å². The number of rotatable bonds is 13. The van der Waals surface area contributed by atoms with Crippen LogP contribution in [0.1, 0.15) is 157 Å². The minimum Gasteiger partial charge on any atom is -0.479 e. The maximum absolute atomic E-state index is 15.5. The molecule has 0 radical (unpaired) electrons. The molecular formula is C57H92N2O18. The zero-order valence-corrected chi connectivity index (χ0v) is 46.5. The standard InChI is InChI=1S/C57H92N2O18/c1-8-30-21-31(52(69)75-41-25-36-43(37(61)24-32-23-33(58)18-19-55(32,36)4)35-16-15-34(56(35,41)5)27(2)14-17-42(62)70-7)22-38-48(30)76-54-47(65)46(64)50(66)57(6,77-54)71-26-40-45(63)49(44(59-28(3)60)53(73-38)74-40)72-39(51(67)68)20-29-12-10-9-11-13-29/h27,29-41,43-50,53-54,61,63-66H,8-26,58H2,1-7H3,(H,59,60)(H,67,68)/t27-,30?,31?,32+,33+,34-,35+,36+,37-,38-,39+,40?,41+,43+,44?,45+,46?,47+,48?,49?,50?,53-,54?,55+,56-,57+/m1/s1. The van der Waals surface area contributed by atoms with Crippen LogP contribution in [0.4, 0.5) is 0 Å². The van der Waals surface area contributed by atoms with Crippen LogP contribution in [0.3, 0.4) is 0 Å². The van der Waals surface area contributed by atoms with Gasteiger partial charge in [-0.3, -0.25) is 14.4 Å². The first-order valence-electron chi connectivity index (χ1n) is 29.4. The number of carbonyl (C=O) groups is 4. The van der Waals surface area contributed by atoms with E-state index >= 15 is 4.79 Å². The van der Waals surface area contributed by atoms with E-state index in [0.717, 1.165) is 64.2 Å². The molecule has 20 nitrogen and oxygen atoms in total. The highest BCUT2D eigenvalue weighted by Gasteiger charge is 2.67. The number of aliphatic hydroxyl groups is 5. The Balaban J connectivity index is 1.06. The Hall–Kier alpha value is -2.60. The number of methoxy groups -OCH3 is 1. The van der Waals surface area contributed by atoms with Crippen molar-refractivity contribution in [2.24, 2.45) is 69.8 Å². The van der Waals surface area contributed by atoms with Crippen LogP contribution in [0.15, 0.2) is 0 Å². The Kier molecular flexibility index (Phi) is 18.2. The lowest BCUT2D eigenvalue weighted by Gasteiger charge is -2.64. The highest BCUT2D eigenvalue weighted by Crippen LogP contribution is 2.69. The molecule has 6 aliphatic carbocycles. The lowest BCUT2D eigenvalue weighted by atomic mass is 9.43. The molecular weight excluding hydrogens is 1000 g/mol. The van der Waals surface area contributed by atoms with Crippen molar-refractivity contribution < 1.29 is 87.7 Å². The van der Waals surface area contributed by atoms with Crippen LogP contribution < -0.4 is 11.1 Å². The minimum absolute atomic E-state index is 0.00509. The fraction of sp³-hybridized carbons (Fsp3) is 0.930. The molecule has 6 saturated carbocycles. The van der Waals surface area contributed by atoms with Crippen molar-refractivity contribution in [3.05, 3.63) is 0 Å². The molecule has 0 aromatic rings. The van der Waals surface area contributed by atoms with Gasteiger partial charge in [-0.15, -0.1) is 0 Å². The summed E-state index contributed by atoms with van der Waals surface area (Å²) in [5.41, 5.74) is 5.91. The van der Waals surface area contributed by atoms with Gasteiger partial charge in [-0.25, -0.2) is 4.79 Å². The van der Waals surface area contributed by atoms with Gasteiger partial charge in [0, 0.05) is 24.8 Å². The average Bonchev–Trinajstić information content (AvgIpc) is 4.07. The molecule has 77 heavy (non-hydrogen) atoms. The molecule has 26 atom stereocenters. The number of hydrogen-bond acceptors (Lipinski definition) is 18. The van der Waals surface area contributed by atoms with Crippen molar-refractivity contribution >= 4 is 23.8 Å². The Bertz CT molecular complexity index is 2080. The Morgan fingerprint density at radius 2 is 1.56 bits per heavy atom. The normalized spacial score (nSPS) is 47.9. The monoisotopic (exact) mass is 1090 g/mol. The van der Waals surface area contributed by atoms with E-state index in [1.54, 1.807) is 0 Å². The highest BCUT2D eigenvalue weighted by atomic mass is 16.8. The van der Waals surface area contributed by atoms with Crippen LogP contribution in [-0.4, -0.2) is 166 Å². The SMILES string of the molecule is CCC1CC(C(=O)O[C@H]2C[C@H]3[C@@H]([C@H](O)C[C@@H]4C[C@@H](N)CC[C@@]43C)[C@@H]3CC[C@H]([C@H](C)CCC(=O)OC)[C@@]23C)C[C@H]2O[C@@H]3OC(CO[C@@]4(C)OC(OC12)[C@@H](O)C(O)C4O)[C@H](O)C(O[C@@H](CC1CCCCC1)C(=O)O)C3NC(C)=O. The van der Waals surface area contributed by atoms with E-state index in [4.69, 9.17) is 43.6 Å². The number of esters is 2. The van der Waals surface area contributed by atoms with Crippen molar-refractivity contribution in [1.29, 1.82) is 0 Å². The number of aliphatic carboxylic acids is 1. The summed E-state index contributed by atoms with van der Waals surface area (Å²) in [7, 11) is 1.39. The number of fused-ring (bicyclic) bond motifs is 10. The number of carboxylic acid groups (broad SMARTS) is 1. The summed E-state index contributed by atoms with van der Waals surface area (Å²) < 4.78 is 51.2. The predicted octanol–water partition coefficient (Wildman–Crippen LogP) is 3.85. The molecule has 9 N–H and O–H groups in total. The molecule has 0 aromatic carbocycles. The zero-order chi connectivity index (χ0) is 55.5. The predicted molar refractivity (Wildman–Crippen MR) is 274 cm³/mol. The van der Waals surface area contributed by atoms with Gasteiger partial charge >= 0.3 is 17.9 Å². The third-order valence-electron chi connectivity index (χ3n) is 21.5. The summed E-state index contributed by atoms with van der Waals surface area (Å²) in [6, 6.07) is -1.24. The van der Waals surface area contributed by atoms with E-state index in [2.05, 4.69) is 26.1 Å². The smallest absolute Gasteiger partial charge is 0.332 e. The van der Waals surface area contributed by atoms with Crippen LogP contribution in [0.25, 0.3) is 0 Å². The van der Waals surface area contributed by atoms with E-state index < -0.39 is 133 Å². The third-order valence-corrected chi connectivity index (χ3v) is 21.5. The van der Waals surface area contributed by atoms with Gasteiger partial charge < -0.3 is 79.6 Å². The molecule has 1 amide bonds. The van der Waals surface area contributed by atoms with Gasteiger partial charge in [0.2, 0.25) is 5.91 Å². The molecule has 9 fully saturated rings. The second-order valence-electron chi connectivity index (χ2n) is 25.9. The Labute approximate surface area is 453 Å². The number of hydrogen-bond donors (Lipinski definition) is 8. The minimum atomic E-state index is -2.04. The molecule has 438 valence electrons. The molecule has 3 saturated heterocycles. The fourth-order valence-electron chi connectivity index (χ4n) is 17.1. The van der Waals surface area contributed by atoms with Gasteiger partial charge in [-0.2, -0.15) is 0 Å². The fourth-order valence-corrected chi connectivity index (χ4v) is 17.1. The topological polar surface area (TPSA) is 302 Å². The number of carboxylic acids is 1. The first kappa shape index (κ1) is 59.0. The molecule has 9 rings (SSSR count). The zero-order valence-electron chi connectivity index (χ0n) is 46.5. The van der Waals surface area contributed by atoms with Crippen LogP contribution in [-0.2, 0) is 57.1 Å². The number of amides is 1. The second kappa shape index (κ2) is 23.7. The van der Waals surface area contributed by atoms with Crippen LogP contribution in [0.5, 0.6) is 0 Å². The summed E-state index contributed by atoms with van der Waals surface area (Å²) in [5, 5.41) is 72.0. The number of aliphatic hydroxyl groups excluding tert-OH is 5. The summed E-state index contributed by atoms with van der Waals surface area (Å²) >= 11 is 0. The Morgan fingerprint density at radius 1 is 0.831 bits per heavy atom. The van der Waals surface area contributed by atoms with Crippen LogP contribution in [0, 0.1) is 64.1 Å². The molecule has 3 heterocycles. The van der Waals surface area contributed by atoms with Gasteiger partial charge in [0.15, 0.2) is 24.5 Å². The summed E-state index contributed by atoms with van der Waals surface area (Å²) in [5.74, 6) is -5.29. The third kappa shape index (κ3) is 11.5. The van der Waals surface area contributed by atoms with Crippen molar-refractivity contribution in [2.45, 2.75) is 255 Å². The van der Waals surface area contributed by atoms with Crippen molar-refractivity contribution in [2.75, 3.05) is 13.7 Å². The van der Waals surface area contributed by atoms with E-state index in [1.165, 1.54) is 21.0 Å². The van der Waals surface area contributed by atoms with E-state index in [1.807, 2.05) is 6.92 Å². The first-order chi connectivity index (χ1) is 36.5. The summed E-state index contributed by atoms with van der Waals surface area (Å²) in [4.78, 5) is 54.2. The molecule has 9 unspecified atom stereocenters. The van der Waals surface area contributed by atoms with E-state index in [-0.39, 0.29) is 84.5 Å². The molecule has 0 spiro atoms. The molecule has 3 aliphatic heterocycles. The van der Waals surface area contributed by atoms with Crippen LogP contribution >= 0.6 is 0 Å². The lowest BCUT2D eigenvalue weighted by Crippen LogP contribution is -2.70. The summed E-state index contributed by atoms with van der Waals surface area (Å²) in [6.07, 6.45) is -5.48. The quantitative estimate of drug-likeness (QED) is 0.122. The largest absolute Gasteiger partial charge is 0.479 e. The lowest BCUT2D eigenvalue weighted by molar-refractivity contribution is -0.420. The number of carbonyl (C=O) groups excluding carboxylic acids is 3. The van der Waals surface area contributed by atoms with Crippen LogP contribution in [0.2, 0.25) is 0 Å². The number of nitrogens with two attached hydrogens (primary N) is 1. The number of ether oxygens (including phenoxy) is 8. The van der Waals surface area contributed by atoms with E-state index in [9.17, 15) is 45.0 Å². The van der Waals surface area contributed by atoms with Gasteiger partial charge in [-0.1, -0.05) is 66.2 Å². The van der Waals surface area contributed by atoms with Crippen molar-refractivity contribution in [3.63, 3.8) is 0 Å². The Morgan fingerprint density at radius 3 is 2.25 bits per heavy atom. The molecule has 20 heteroatoms. The first-order valence-corrected chi connectivity index (χ1v) is 29.4. The van der Waals surface area contributed by atoms with Gasteiger partial charge in [0.25, 0.3) is 0 Å². The maximum Gasteiger partial charge on any atom is 0.332 e. The summed E-state index contributed by atoms with van der Waals surface area (Å²) in [6.45, 7) is 10.8. The maximum atomic E-state index is 15.5. The number of nitrogens with one attached hydrogen (secondary N) is 1. The molecule has 9 aliphatic rings. The van der Waals surface area contributed by atoms with Gasteiger partial charge in [0.05, 0.1) is 37.9 Å².